The van der Waals surface area contributed by atoms with Gasteiger partial charge in [-0.25, -0.2) is 0 Å². The molecule has 0 unspecified atom stereocenters. The van der Waals surface area contributed by atoms with E-state index in [9.17, 15) is 0 Å². The number of likely N-dealkylation sites (N-methyl/N-ethyl adjacent to an activating group) is 1. The quantitative estimate of drug-likeness (QED) is 0.865. The fraction of sp³-hybridized carbons (Fsp3) is 0.538. The van der Waals surface area contributed by atoms with Crippen LogP contribution in [-0.2, 0) is 13.0 Å². The minimum Gasteiger partial charge on any atom is -0.488 e. The smallest absolute Gasteiger partial charge is 0.124 e. The molecule has 0 aromatic heterocycles. The standard InChI is InChI=1S/C13H18N2O.ClH/c1-15-8-13(9-15)16-12-3-2-10-4-5-14-7-11(10)6-12;/h2-3,6,13-14H,4-5,7-9H2,1H3;1H. The second-order valence-corrected chi connectivity index (χ2v) is 4.82. The minimum absolute atomic E-state index is 0. The van der Waals surface area contributed by atoms with Crippen LogP contribution in [0.15, 0.2) is 18.2 Å². The molecule has 4 heteroatoms. The van der Waals surface area contributed by atoms with Crippen molar-refractivity contribution in [1.29, 1.82) is 0 Å². The molecular formula is C13H19ClN2O. The summed E-state index contributed by atoms with van der Waals surface area (Å²) in [5.74, 6) is 1.03. The van der Waals surface area contributed by atoms with Crippen molar-refractivity contribution >= 4 is 12.4 Å². The summed E-state index contributed by atoms with van der Waals surface area (Å²) in [5.41, 5.74) is 2.87. The Hall–Kier alpha value is -0.770. The molecule has 17 heavy (non-hydrogen) atoms. The van der Waals surface area contributed by atoms with E-state index in [0.717, 1.165) is 38.3 Å². The molecule has 2 heterocycles. The molecule has 1 aromatic rings. The fourth-order valence-corrected chi connectivity index (χ4v) is 2.44. The summed E-state index contributed by atoms with van der Waals surface area (Å²) < 4.78 is 5.92. The van der Waals surface area contributed by atoms with Crippen LogP contribution in [0.1, 0.15) is 11.1 Å². The van der Waals surface area contributed by atoms with Crippen LogP contribution in [-0.4, -0.2) is 37.7 Å². The molecule has 3 rings (SSSR count). The average molecular weight is 255 g/mol. The van der Waals surface area contributed by atoms with Crippen LogP contribution in [0.25, 0.3) is 0 Å². The SMILES string of the molecule is CN1CC(Oc2ccc3c(c2)CNCC3)C1.Cl. The van der Waals surface area contributed by atoms with E-state index in [1.165, 1.54) is 11.1 Å². The van der Waals surface area contributed by atoms with E-state index in [4.69, 9.17) is 4.74 Å². The van der Waals surface area contributed by atoms with Gasteiger partial charge in [-0.05, 0) is 43.3 Å². The molecule has 0 radical (unpaired) electrons. The van der Waals surface area contributed by atoms with Crippen LogP contribution >= 0.6 is 12.4 Å². The number of fused-ring (bicyclic) bond motifs is 1. The largest absolute Gasteiger partial charge is 0.488 e. The first-order valence-electron chi connectivity index (χ1n) is 5.99. The number of hydrogen-bond acceptors (Lipinski definition) is 3. The van der Waals surface area contributed by atoms with Gasteiger partial charge in [0.05, 0.1) is 0 Å². The maximum absolute atomic E-state index is 5.92. The summed E-state index contributed by atoms with van der Waals surface area (Å²) >= 11 is 0. The lowest BCUT2D eigenvalue weighted by molar-refractivity contribution is 0.0387. The van der Waals surface area contributed by atoms with Gasteiger partial charge in [0.2, 0.25) is 0 Å². The number of benzene rings is 1. The second kappa shape index (κ2) is 5.25. The molecule has 0 aliphatic carbocycles. The molecule has 1 saturated heterocycles. The van der Waals surface area contributed by atoms with Gasteiger partial charge in [0.25, 0.3) is 0 Å². The molecule has 1 fully saturated rings. The van der Waals surface area contributed by atoms with Crippen molar-refractivity contribution in [3.05, 3.63) is 29.3 Å². The number of likely N-dealkylation sites (tertiary alicyclic amines) is 1. The van der Waals surface area contributed by atoms with Gasteiger partial charge >= 0.3 is 0 Å². The number of ether oxygens (including phenoxy) is 1. The topological polar surface area (TPSA) is 24.5 Å². The second-order valence-electron chi connectivity index (χ2n) is 4.82. The summed E-state index contributed by atoms with van der Waals surface area (Å²) in [6.07, 6.45) is 1.53. The Balaban J connectivity index is 0.00000108. The molecular weight excluding hydrogens is 236 g/mol. The molecule has 94 valence electrons. The van der Waals surface area contributed by atoms with Gasteiger partial charge in [-0.1, -0.05) is 6.07 Å². The zero-order valence-corrected chi connectivity index (χ0v) is 10.9. The first-order valence-corrected chi connectivity index (χ1v) is 5.99. The van der Waals surface area contributed by atoms with Crippen LogP contribution in [0.4, 0.5) is 0 Å². The van der Waals surface area contributed by atoms with Gasteiger partial charge in [-0.2, -0.15) is 0 Å². The molecule has 0 saturated carbocycles. The molecule has 0 amide bonds. The number of nitrogens with zero attached hydrogens (tertiary/aromatic N) is 1. The van der Waals surface area contributed by atoms with E-state index < -0.39 is 0 Å². The highest BCUT2D eigenvalue weighted by Gasteiger charge is 2.25. The Bertz CT molecular complexity index is 391. The van der Waals surface area contributed by atoms with Gasteiger partial charge in [-0.15, -0.1) is 12.4 Å². The lowest BCUT2D eigenvalue weighted by atomic mass is 10.0. The molecule has 0 spiro atoms. The van der Waals surface area contributed by atoms with Gasteiger partial charge in [0.1, 0.15) is 11.9 Å². The average Bonchev–Trinajstić information content (AvgIpc) is 2.27. The lowest BCUT2D eigenvalue weighted by Crippen LogP contribution is -2.51. The van der Waals surface area contributed by atoms with Crippen molar-refractivity contribution in [2.45, 2.75) is 19.1 Å². The molecule has 2 aliphatic heterocycles. The van der Waals surface area contributed by atoms with Crippen molar-refractivity contribution < 1.29 is 4.74 Å². The summed E-state index contributed by atoms with van der Waals surface area (Å²) in [5, 5.41) is 3.39. The first-order chi connectivity index (χ1) is 7.81. The summed E-state index contributed by atoms with van der Waals surface area (Å²) in [4.78, 5) is 2.27. The Morgan fingerprint density at radius 1 is 1.29 bits per heavy atom. The van der Waals surface area contributed by atoms with E-state index >= 15 is 0 Å². The van der Waals surface area contributed by atoms with E-state index in [1.54, 1.807) is 0 Å². The maximum atomic E-state index is 5.92. The zero-order chi connectivity index (χ0) is 11.0. The molecule has 1 aromatic carbocycles. The van der Waals surface area contributed by atoms with Crippen LogP contribution < -0.4 is 10.1 Å². The number of halogens is 1. The summed E-state index contributed by atoms with van der Waals surface area (Å²) in [7, 11) is 2.12. The highest BCUT2D eigenvalue weighted by molar-refractivity contribution is 5.85. The third-order valence-corrected chi connectivity index (χ3v) is 3.40. The highest BCUT2D eigenvalue weighted by Crippen LogP contribution is 2.23. The van der Waals surface area contributed by atoms with Crippen molar-refractivity contribution in [2.75, 3.05) is 26.7 Å². The minimum atomic E-state index is 0. The monoisotopic (exact) mass is 254 g/mol. The molecule has 2 aliphatic rings. The van der Waals surface area contributed by atoms with E-state index in [2.05, 4.69) is 35.5 Å². The van der Waals surface area contributed by atoms with Crippen molar-refractivity contribution in [1.82, 2.24) is 10.2 Å². The molecule has 0 atom stereocenters. The Labute approximate surface area is 109 Å². The maximum Gasteiger partial charge on any atom is 0.124 e. The third-order valence-electron chi connectivity index (χ3n) is 3.40. The Kier molecular flexibility index (Phi) is 3.92. The normalized spacial score (nSPS) is 20.1. The van der Waals surface area contributed by atoms with Crippen molar-refractivity contribution in [2.24, 2.45) is 0 Å². The van der Waals surface area contributed by atoms with Gasteiger partial charge in [0, 0.05) is 19.6 Å². The Morgan fingerprint density at radius 2 is 2.12 bits per heavy atom. The fourth-order valence-electron chi connectivity index (χ4n) is 2.44. The molecule has 1 N–H and O–H groups in total. The number of nitrogens with one attached hydrogen (secondary N) is 1. The summed E-state index contributed by atoms with van der Waals surface area (Å²) in [6.45, 7) is 4.18. The van der Waals surface area contributed by atoms with E-state index in [-0.39, 0.29) is 12.4 Å². The molecule has 0 bridgehead atoms. The number of hydrogen-bond donors (Lipinski definition) is 1. The van der Waals surface area contributed by atoms with E-state index in [0.29, 0.717) is 6.10 Å². The van der Waals surface area contributed by atoms with Gasteiger partial charge in [0.15, 0.2) is 0 Å². The van der Waals surface area contributed by atoms with Gasteiger partial charge < -0.3 is 10.1 Å². The first kappa shape index (κ1) is 12.7. The predicted octanol–water partition coefficient (Wildman–Crippen LogP) is 1.45. The predicted molar refractivity (Wildman–Crippen MR) is 71.0 cm³/mol. The third kappa shape index (κ3) is 2.73. The number of rotatable bonds is 2. The highest BCUT2D eigenvalue weighted by atomic mass is 35.5. The Morgan fingerprint density at radius 3 is 2.88 bits per heavy atom. The van der Waals surface area contributed by atoms with Crippen LogP contribution in [0.2, 0.25) is 0 Å². The van der Waals surface area contributed by atoms with Crippen LogP contribution in [0.3, 0.4) is 0 Å². The van der Waals surface area contributed by atoms with Crippen molar-refractivity contribution in [3.8, 4) is 5.75 Å². The van der Waals surface area contributed by atoms with Gasteiger partial charge in [-0.3, -0.25) is 4.90 Å². The molecule has 3 nitrogen and oxygen atoms in total. The van der Waals surface area contributed by atoms with Crippen molar-refractivity contribution in [3.63, 3.8) is 0 Å². The lowest BCUT2D eigenvalue weighted by Gasteiger charge is -2.36. The summed E-state index contributed by atoms with van der Waals surface area (Å²) in [6, 6.07) is 6.52. The van der Waals surface area contributed by atoms with Crippen LogP contribution in [0, 0.1) is 0 Å². The zero-order valence-electron chi connectivity index (χ0n) is 10.1. The van der Waals surface area contributed by atoms with Crippen LogP contribution in [0.5, 0.6) is 5.75 Å². The van der Waals surface area contributed by atoms with E-state index in [1.807, 2.05) is 0 Å².